The molecule has 0 unspecified atom stereocenters. The first kappa shape index (κ1) is 10.9. The van der Waals surface area contributed by atoms with Crippen LogP contribution in [0.1, 0.15) is 20.8 Å². The Morgan fingerprint density at radius 1 is 1.50 bits per heavy atom. The minimum absolute atomic E-state index is 0.0284. The van der Waals surface area contributed by atoms with E-state index in [0.29, 0.717) is 12.2 Å². The van der Waals surface area contributed by atoms with Crippen LogP contribution in [0.2, 0.25) is 0 Å². The number of fused-ring (bicyclic) bond motifs is 1. The van der Waals surface area contributed by atoms with Crippen LogP contribution < -0.4 is 10.2 Å². The fourth-order valence-electron chi connectivity index (χ4n) is 2.16. The predicted octanol–water partition coefficient (Wildman–Crippen LogP) is 2.38. The van der Waals surface area contributed by atoms with Gasteiger partial charge in [-0.25, -0.2) is 4.39 Å². The van der Waals surface area contributed by atoms with E-state index in [2.05, 4.69) is 5.32 Å². The van der Waals surface area contributed by atoms with Gasteiger partial charge < -0.3 is 10.2 Å². The van der Waals surface area contributed by atoms with E-state index in [1.807, 2.05) is 13.8 Å². The molecule has 86 valence electrons. The molecule has 0 bridgehead atoms. The molecule has 3 nitrogen and oxygen atoms in total. The van der Waals surface area contributed by atoms with Gasteiger partial charge in [0, 0.05) is 13.5 Å². The van der Waals surface area contributed by atoms with Gasteiger partial charge in [-0.15, -0.1) is 0 Å². The standard InChI is InChI=1S/C12H15FN2O/c1-8(16)15-11-5-4-9(13)6-10(11)14-7-12(15,2)3/h4-6,14H,7H2,1-3H3. The van der Waals surface area contributed by atoms with E-state index >= 15 is 0 Å². The Hall–Kier alpha value is -1.58. The molecule has 0 saturated heterocycles. The maximum atomic E-state index is 13.1. The third-order valence-corrected chi connectivity index (χ3v) is 2.83. The van der Waals surface area contributed by atoms with Crippen LogP contribution in [0.5, 0.6) is 0 Å². The summed E-state index contributed by atoms with van der Waals surface area (Å²) in [6.07, 6.45) is 0. The first-order valence-corrected chi connectivity index (χ1v) is 5.26. The summed E-state index contributed by atoms with van der Waals surface area (Å²) in [7, 11) is 0. The van der Waals surface area contributed by atoms with Gasteiger partial charge in [-0.1, -0.05) is 0 Å². The molecule has 0 aromatic heterocycles. The Morgan fingerprint density at radius 2 is 2.19 bits per heavy atom. The molecule has 1 aromatic rings. The first-order valence-electron chi connectivity index (χ1n) is 5.26. The second-order valence-corrected chi connectivity index (χ2v) is 4.68. The number of rotatable bonds is 0. The van der Waals surface area contributed by atoms with Crippen LogP contribution in [-0.4, -0.2) is 18.0 Å². The average molecular weight is 222 g/mol. The number of benzene rings is 1. The highest BCUT2D eigenvalue weighted by molar-refractivity contribution is 5.97. The van der Waals surface area contributed by atoms with E-state index in [1.165, 1.54) is 19.1 Å². The van der Waals surface area contributed by atoms with E-state index in [9.17, 15) is 9.18 Å². The van der Waals surface area contributed by atoms with Crippen LogP contribution >= 0.6 is 0 Å². The molecule has 2 rings (SSSR count). The summed E-state index contributed by atoms with van der Waals surface area (Å²) in [5.41, 5.74) is 1.12. The molecule has 1 aromatic carbocycles. The topological polar surface area (TPSA) is 32.3 Å². The molecular weight excluding hydrogens is 207 g/mol. The zero-order chi connectivity index (χ0) is 11.9. The maximum absolute atomic E-state index is 13.1. The summed E-state index contributed by atoms with van der Waals surface area (Å²) in [6.45, 7) is 6.10. The molecule has 1 N–H and O–H groups in total. The Kier molecular flexibility index (Phi) is 2.37. The van der Waals surface area contributed by atoms with Gasteiger partial charge in [0.25, 0.3) is 0 Å². The highest BCUT2D eigenvalue weighted by Crippen LogP contribution is 2.36. The quantitative estimate of drug-likeness (QED) is 0.731. The largest absolute Gasteiger partial charge is 0.381 e. The summed E-state index contributed by atoms with van der Waals surface area (Å²) in [5, 5.41) is 3.14. The Bertz CT molecular complexity index is 443. The van der Waals surface area contributed by atoms with E-state index < -0.39 is 0 Å². The van der Waals surface area contributed by atoms with Crippen LogP contribution in [-0.2, 0) is 4.79 Å². The van der Waals surface area contributed by atoms with Gasteiger partial charge >= 0.3 is 0 Å². The normalized spacial score (nSPS) is 17.6. The number of carbonyl (C=O) groups excluding carboxylic acids is 1. The summed E-state index contributed by atoms with van der Waals surface area (Å²) >= 11 is 0. The number of nitrogens with one attached hydrogen (secondary N) is 1. The number of amides is 1. The van der Waals surface area contributed by atoms with Gasteiger partial charge in [0.05, 0.1) is 16.9 Å². The molecule has 1 aliphatic rings. The van der Waals surface area contributed by atoms with E-state index in [-0.39, 0.29) is 17.3 Å². The number of nitrogens with zero attached hydrogens (tertiary/aromatic N) is 1. The van der Waals surface area contributed by atoms with Crippen molar-refractivity contribution in [2.24, 2.45) is 0 Å². The lowest BCUT2D eigenvalue weighted by Crippen LogP contribution is -2.54. The van der Waals surface area contributed by atoms with E-state index in [4.69, 9.17) is 0 Å². The van der Waals surface area contributed by atoms with Crippen molar-refractivity contribution in [3.63, 3.8) is 0 Å². The lowest BCUT2D eigenvalue weighted by molar-refractivity contribution is -0.117. The zero-order valence-corrected chi connectivity index (χ0v) is 9.67. The maximum Gasteiger partial charge on any atom is 0.224 e. The van der Waals surface area contributed by atoms with E-state index in [0.717, 1.165) is 5.69 Å². The Morgan fingerprint density at radius 3 is 2.81 bits per heavy atom. The van der Waals surface area contributed by atoms with Crippen molar-refractivity contribution in [2.45, 2.75) is 26.3 Å². The fraction of sp³-hybridized carbons (Fsp3) is 0.417. The highest BCUT2D eigenvalue weighted by Gasteiger charge is 2.35. The molecule has 0 fully saturated rings. The van der Waals surface area contributed by atoms with Crippen LogP contribution in [0.3, 0.4) is 0 Å². The minimum atomic E-state index is -0.297. The van der Waals surface area contributed by atoms with Crippen molar-refractivity contribution < 1.29 is 9.18 Å². The lowest BCUT2D eigenvalue weighted by Gasteiger charge is -2.43. The number of anilines is 2. The SMILES string of the molecule is CC(=O)N1c2ccc(F)cc2NCC1(C)C. The molecule has 1 aliphatic heterocycles. The summed E-state index contributed by atoms with van der Waals surface area (Å²) < 4.78 is 13.1. The van der Waals surface area contributed by atoms with Gasteiger partial charge in [-0.3, -0.25) is 4.79 Å². The molecule has 0 radical (unpaired) electrons. The molecule has 16 heavy (non-hydrogen) atoms. The molecule has 1 amide bonds. The Balaban J connectivity index is 2.54. The van der Waals surface area contributed by atoms with Crippen molar-refractivity contribution in [3.05, 3.63) is 24.0 Å². The minimum Gasteiger partial charge on any atom is -0.381 e. The van der Waals surface area contributed by atoms with Crippen molar-refractivity contribution in [3.8, 4) is 0 Å². The van der Waals surface area contributed by atoms with Crippen molar-refractivity contribution in [2.75, 3.05) is 16.8 Å². The van der Waals surface area contributed by atoms with Crippen LogP contribution in [0.4, 0.5) is 15.8 Å². The fourth-order valence-corrected chi connectivity index (χ4v) is 2.16. The Labute approximate surface area is 94.3 Å². The van der Waals surface area contributed by atoms with Crippen LogP contribution in [0.15, 0.2) is 18.2 Å². The molecule has 1 heterocycles. The average Bonchev–Trinajstić information content (AvgIpc) is 2.16. The summed E-state index contributed by atoms with van der Waals surface area (Å²) in [6, 6.07) is 4.43. The smallest absolute Gasteiger partial charge is 0.224 e. The summed E-state index contributed by atoms with van der Waals surface area (Å²) in [5.74, 6) is -0.325. The second-order valence-electron chi connectivity index (χ2n) is 4.68. The monoisotopic (exact) mass is 222 g/mol. The van der Waals surface area contributed by atoms with Crippen molar-refractivity contribution in [1.29, 1.82) is 0 Å². The third kappa shape index (κ3) is 1.64. The van der Waals surface area contributed by atoms with E-state index in [1.54, 1.807) is 11.0 Å². The molecule has 4 heteroatoms. The zero-order valence-electron chi connectivity index (χ0n) is 9.67. The number of halogens is 1. The van der Waals surface area contributed by atoms with Crippen LogP contribution in [0, 0.1) is 5.82 Å². The second kappa shape index (κ2) is 3.47. The number of hydrogen-bond acceptors (Lipinski definition) is 2. The van der Waals surface area contributed by atoms with Crippen LogP contribution in [0.25, 0.3) is 0 Å². The van der Waals surface area contributed by atoms with Gasteiger partial charge in [-0.2, -0.15) is 0 Å². The molecule has 0 aliphatic carbocycles. The molecular formula is C12H15FN2O. The number of hydrogen-bond donors (Lipinski definition) is 1. The summed E-state index contributed by atoms with van der Waals surface area (Å²) in [4.78, 5) is 13.4. The molecule has 0 atom stereocenters. The third-order valence-electron chi connectivity index (χ3n) is 2.83. The van der Waals surface area contributed by atoms with Gasteiger partial charge in [0.1, 0.15) is 5.82 Å². The highest BCUT2D eigenvalue weighted by atomic mass is 19.1. The predicted molar refractivity (Wildman–Crippen MR) is 62.1 cm³/mol. The van der Waals surface area contributed by atoms with Crippen molar-refractivity contribution >= 4 is 17.3 Å². The van der Waals surface area contributed by atoms with Gasteiger partial charge in [0.2, 0.25) is 5.91 Å². The molecule has 0 spiro atoms. The lowest BCUT2D eigenvalue weighted by atomic mass is 9.97. The molecule has 0 saturated carbocycles. The van der Waals surface area contributed by atoms with Crippen molar-refractivity contribution in [1.82, 2.24) is 0 Å². The van der Waals surface area contributed by atoms with Gasteiger partial charge in [0.15, 0.2) is 0 Å². The number of carbonyl (C=O) groups is 1. The first-order chi connectivity index (χ1) is 7.42. The van der Waals surface area contributed by atoms with Gasteiger partial charge in [-0.05, 0) is 32.0 Å².